The van der Waals surface area contributed by atoms with Crippen molar-refractivity contribution < 1.29 is 5.11 Å². The van der Waals surface area contributed by atoms with E-state index in [0.717, 1.165) is 19.5 Å². The van der Waals surface area contributed by atoms with Gasteiger partial charge in [0.2, 0.25) is 0 Å². The van der Waals surface area contributed by atoms with Crippen molar-refractivity contribution in [1.82, 2.24) is 4.90 Å². The first-order valence-corrected chi connectivity index (χ1v) is 7.34. The van der Waals surface area contributed by atoms with Crippen molar-refractivity contribution in [3.8, 4) is 0 Å². The second-order valence-corrected chi connectivity index (χ2v) is 5.77. The molecule has 0 heterocycles. The molecule has 0 bridgehead atoms. The summed E-state index contributed by atoms with van der Waals surface area (Å²) in [6.07, 6.45) is 6.23. The molecule has 1 aliphatic carbocycles. The Hall–Kier alpha value is -0.900. The molecule has 3 heteroatoms. The fourth-order valence-electron chi connectivity index (χ4n) is 2.81. The molecule has 1 atom stereocenters. The third kappa shape index (κ3) is 4.30. The van der Waals surface area contributed by atoms with E-state index in [1.807, 2.05) is 0 Å². The highest BCUT2D eigenvalue weighted by molar-refractivity contribution is 5.33. The number of hydrogen-bond donors (Lipinski definition) is 2. The molecular formula is C16H26N2O. The second-order valence-electron chi connectivity index (χ2n) is 5.77. The first kappa shape index (κ1) is 14.5. The molecule has 0 fully saturated rings. The van der Waals surface area contributed by atoms with Gasteiger partial charge in [0.25, 0.3) is 0 Å². The van der Waals surface area contributed by atoms with Crippen LogP contribution in [0, 0.1) is 0 Å². The molecular weight excluding hydrogens is 236 g/mol. The van der Waals surface area contributed by atoms with Crippen LogP contribution in [0.1, 0.15) is 29.5 Å². The Labute approximate surface area is 116 Å². The lowest BCUT2D eigenvalue weighted by molar-refractivity contribution is 0.222. The number of likely N-dealkylation sites (N-methyl/N-ethyl adjacent to an activating group) is 1. The van der Waals surface area contributed by atoms with E-state index in [4.69, 9.17) is 10.8 Å². The van der Waals surface area contributed by atoms with Gasteiger partial charge in [0.1, 0.15) is 0 Å². The maximum atomic E-state index is 8.95. The summed E-state index contributed by atoms with van der Waals surface area (Å²) in [5, 5.41) is 8.95. The minimum Gasteiger partial charge on any atom is -0.395 e. The summed E-state index contributed by atoms with van der Waals surface area (Å²) in [7, 11) is 2.06. The molecule has 3 nitrogen and oxygen atoms in total. The highest BCUT2D eigenvalue weighted by Crippen LogP contribution is 2.22. The third-order valence-electron chi connectivity index (χ3n) is 3.98. The van der Waals surface area contributed by atoms with E-state index in [1.54, 1.807) is 11.1 Å². The van der Waals surface area contributed by atoms with Gasteiger partial charge in [0, 0.05) is 19.1 Å². The highest BCUT2D eigenvalue weighted by atomic mass is 16.3. The lowest BCUT2D eigenvalue weighted by Gasteiger charge is -2.21. The molecule has 1 aliphatic rings. The van der Waals surface area contributed by atoms with Crippen molar-refractivity contribution in [3.05, 3.63) is 34.9 Å². The number of benzene rings is 1. The van der Waals surface area contributed by atoms with Crippen molar-refractivity contribution in [2.45, 2.75) is 38.1 Å². The Morgan fingerprint density at radius 1 is 1.26 bits per heavy atom. The van der Waals surface area contributed by atoms with Gasteiger partial charge in [-0.25, -0.2) is 0 Å². The van der Waals surface area contributed by atoms with Crippen LogP contribution in [0.25, 0.3) is 0 Å². The van der Waals surface area contributed by atoms with E-state index in [9.17, 15) is 0 Å². The molecule has 0 aliphatic heterocycles. The van der Waals surface area contributed by atoms with Crippen LogP contribution in [0.2, 0.25) is 0 Å². The Kier molecular flexibility index (Phi) is 5.37. The van der Waals surface area contributed by atoms with E-state index in [2.05, 4.69) is 30.1 Å². The first-order chi connectivity index (χ1) is 9.19. The Balaban J connectivity index is 1.86. The lowest BCUT2D eigenvalue weighted by Crippen LogP contribution is -2.38. The van der Waals surface area contributed by atoms with Crippen LogP contribution in [-0.2, 0) is 19.3 Å². The summed E-state index contributed by atoms with van der Waals surface area (Å²) < 4.78 is 0. The van der Waals surface area contributed by atoms with Gasteiger partial charge in [-0.05, 0) is 55.8 Å². The molecule has 0 spiro atoms. The largest absolute Gasteiger partial charge is 0.395 e. The summed E-state index contributed by atoms with van der Waals surface area (Å²) in [5.41, 5.74) is 10.3. The monoisotopic (exact) mass is 262 g/mol. The van der Waals surface area contributed by atoms with E-state index >= 15 is 0 Å². The molecule has 1 aromatic carbocycles. The zero-order chi connectivity index (χ0) is 13.7. The molecule has 3 N–H and O–H groups in total. The van der Waals surface area contributed by atoms with Crippen LogP contribution in [-0.4, -0.2) is 42.8 Å². The predicted octanol–water partition coefficient (Wildman–Crippen LogP) is 1.36. The fraction of sp³-hybridized carbons (Fsp3) is 0.625. The van der Waals surface area contributed by atoms with Crippen LogP contribution >= 0.6 is 0 Å². The molecule has 1 unspecified atom stereocenters. The van der Waals surface area contributed by atoms with E-state index < -0.39 is 0 Å². The maximum Gasteiger partial charge on any atom is 0.0595 e. The SMILES string of the molecule is CN(CCc1ccc2c(c1)CCCC2)CC(N)CO. The number of fused-ring (bicyclic) bond motifs is 1. The van der Waals surface area contributed by atoms with Crippen LogP contribution in [0.15, 0.2) is 18.2 Å². The molecule has 0 saturated heterocycles. The summed E-state index contributed by atoms with van der Waals surface area (Å²) in [5.74, 6) is 0. The predicted molar refractivity (Wildman–Crippen MR) is 79.3 cm³/mol. The minimum absolute atomic E-state index is 0.0587. The van der Waals surface area contributed by atoms with Gasteiger partial charge in [-0.3, -0.25) is 0 Å². The number of aliphatic hydroxyl groups excluding tert-OH is 1. The van der Waals surface area contributed by atoms with E-state index in [0.29, 0.717) is 0 Å². The van der Waals surface area contributed by atoms with Gasteiger partial charge < -0.3 is 15.7 Å². The van der Waals surface area contributed by atoms with Gasteiger partial charge in [-0.2, -0.15) is 0 Å². The maximum absolute atomic E-state index is 8.95. The van der Waals surface area contributed by atoms with Crippen molar-refractivity contribution in [3.63, 3.8) is 0 Å². The molecule has 1 aromatic rings. The standard InChI is InChI=1S/C16H26N2O/c1-18(11-16(17)12-19)9-8-13-6-7-14-4-2-3-5-15(14)10-13/h6-7,10,16,19H,2-5,8-9,11-12,17H2,1H3. The smallest absolute Gasteiger partial charge is 0.0595 e. The van der Waals surface area contributed by atoms with Crippen molar-refractivity contribution in [2.75, 3.05) is 26.7 Å². The van der Waals surface area contributed by atoms with Gasteiger partial charge in [-0.1, -0.05) is 18.2 Å². The Morgan fingerprint density at radius 3 is 2.74 bits per heavy atom. The third-order valence-corrected chi connectivity index (χ3v) is 3.98. The molecule has 0 saturated carbocycles. The van der Waals surface area contributed by atoms with E-state index in [1.165, 1.54) is 31.2 Å². The number of nitrogens with zero attached hydrogens (tertiary/aromatic N) is 1. The zero-order valence-corrected chi connectivity index (χ0v) is 11.9. The van der Waals surface area contributed by atoms with Gasteiger partial charge in [0.15, 0.2) is 0 Å². The molecule has 2 rings (SSSR count). The van der Waals surface area contributed by atoms with Crippen molar-refractivity contribution >= 4 is 0 Å². The topological polar surface area (TPSA) is 49.5 Å². The van der Waals surface area contributed by atoms with Gasteiger partial charge in [0.05, 0.1) is 6.61 Å². The highest BCUT2D eigenvalue weighted by Gasteiger charge is 2.10. The Bertz CT molecular complexity index is 406. The molecule has 106 valence electrons. The number of aryl methyl sites for hydroxylation is 2. The molecule has 19 heavy (non-hydrogen) atoms. The van der Waals surface area contributed by atoms with E-state index in [-0.39, 0.29) is 12.6 Å². The van der Waals surface area contributed by atoms with Gasteiger partial charge in [-0.15, -0.1) is 0 Å². The van der Waals surface area contributed by atoms with Crippen LogP contribution in [0.5, 0.6) is 0 Å². The summed E-state index contributed by atoms with van der Waals surface area (Å²) in [4.78, 5) is 2.19. The average molecular weight is 262 g/mol. The lowest BCUT2D eigenvalue weighted by atomic mass is 9.90. The normalized spacial score (nSPS) is 16.4. The van der Waals surface area contributed by atoms with Crippen LogP contribution in [0.3, 0.4) is 0 Å². The van der Waals surface area contributed by atoms with Crippen LogP contribution in [0.4, 0.5) is 0 Å². The quantitative estimate of drug-likeness (QED) is 0.814. The van der Waals surface area contributed by atoms with Crippen molar-refractivity contribution in [1.29, 1.82) is 0 Å². The Morgan fingerprint density at radius 2 is 2.00 bits per heavy atom. The van der Waals surface area contributed by atoms with Crippen LogP contribution < -0.4 is 5.73 Å². The minimum atomic E-state index is -0.131. The molecule has 0 radical (unpaired) electrons. The van der Waals surface area contributed by atoms with Crippen molar-refractivity contribution in [2.24, 2.45) is 5.73 Å². The first-order valence-electron chi connectivity index (χ1n) is 7.34. The summed E-state index contributed by atoms with van der Waals surface area (Å²) in [6.45, 7) is 1.80. The molecule has 0 aromatic heterocycles. The number of aliphatic hydroxyl groups is 1. The summed E-state index contributed by atoms with van der Waals surface area (Å²) in [6, 6.07) is 6.83. The molecule has 0 amide bonds. The van der Waals surface area contributed by atoms with Gasteiger partial charge >= 0.3 is 0 Å². The average Bonchev–Trinajstić information content (AvgIpc) is 2.44. The fourth-order valence-corrected chi connectivity index (χ4v) is 2.81. The summed E-state index contributed by atoms with van der Waals surface area (Å²) >= 11 is 0. The number of nitrogens with two attached hydrogens (primary N) is 1. The zero-order valence-electron chi connectivity index (χ0n) is 11.9. The number of rotatable bonds is 6. The second kappa shape index (κ2) is 7.04. The number of hydrogen-bond acceptors (Lipinski definition) is 3.